The van der Waals surface area contributed by atoms with Crippen LogP contribution in [0, 0.1) is 5.41 Å². The molecular weight excluding hydrogens is 254 g/mol. The third-order valence-corrected chi connectivity index (χ3v) is 2.98. The van der Waals surface area contributed by atoms with Gasteiger partial charge in [-0.1, -0.05) is 33.8 Å². The molecule has 1 aromatic rings. The topological polar surface area (TPSA) is 39.7 Å². The van der Waals surface area contributed by atoms with E-state index < -0.39 is 0 Å². The highest BCUT2D eigenvalue weighted by molar-refractivity contribution is 5.51. The summed E-state index contributed by atoms with van der Waals surface area (Å²) in [7, 11) is 3.26. The summed E-state index contributed by atoms with van der Waals surface area (Å²) in [6.45, 7) is 10.1. The maximum Gasteiger partial charge on any atom is 0.203 e. The average molecular weight is 281 g/mol. The molecule has 0 aliphatic rings. The Morgan fingerprint density at radius 1 is 1.10 bits per heavy atom. The highest BCUT2D eigenvalue weighted by atomic mass is 16.5. The van der Waals surface area contributed by atoms with Gasteiger partial charge in [-0.05, 0) is 12.1 Å². The number of hydrogen-bond acceptors (Lipinski definition) is 4. The normalized spacial score (nSPS) is 11.6. The van der Waals surface area contributed by atoms with E-state index in [1.54, 1.807) is 14.2 Å². The zero-order valence-electron chi connectivity index (χ0n) is 13.4. The minimum absolute atomic E-state index is 0.0239. The summed E-state index contributed by atoms with van der Waals surface area (Å²) in [6, 6.07) is 6.10. The van der Waals surface area contributed by atoms with Crippen LogP contribution < -0.4 is 19.5 Å². The highest BCUT2D eigenvalue weighted by Crippen LogP contribution is 2.37. The number of ether oxygens (including phenoxy) is 3. The lowest BCUT2D eigenvalue weighted by Crippen LogP contribution is -2.37. The van der Waals surface area contributed by atoms with Crippen LogP contribution in [0.15, 0.2) is 18.2 Å². The zero-order valence-corrected chi connectivity index (χ0v) is 13.4. The van der Waals surface area contributed by atoms with Crippen molar-refractivity contribution < 1.29 is 14.2 Å². The van der Waals surface area contributed by atoms with Gasteiger partial charge in [0, 0.05) is 18.0 Å². The molecule has 0 saturated heterocycles. The summed E-state index contributed by atoms with van der Waals surface area (Å²) in [6.07, 6.45) is 0. The van der Waals surface area contributed by atoms with Crippen molar-refractivity contribution >= 4 is 0 Å². The molecule has 4 nitrogen and oxygen atoms in total. The van der Waals surface area contributed by atoms with Gasteiger partial charge in [0.2, 0.25) is 5.75 Å². The molecule has 20 heavy (non-hydrogen) atoms. The summed E-state index contributed by atoms with van der Waals surface area (Å²) >= 11 is 0. The molecule has 0 saturated carbocycles. The predicted molar refractivity (Wildman–Crippen MR) is 82.0 cm³/mol. The van der Waals surface area contributed by atoms with Crippen LogP contribution in [0.2, 0.25) is 0 Å². The van der Waals surface area contributed by atoms with Gasteiger partial charge in [-0.15, -0.1) is 0 Å². The van der Waals surface area contributed by atoms with Crippen LogP contribution in [0.3, 0.4) is 0 Å². The van der Waals surface area contributed by atoms with E-state index in [0.29, 0.717) is 29.9 Å². The fraction of sp³-hybridized carbons (Fsp3) is 0.625. The molecule has 1 N–H and O–H groups in total. The van der Waals surface area contributed by atoms with E-state index in [1.807, 2.05) is 18.2 Å². The summed E-state index contributed by atoms with van der Waals surface area (Å²) < 4.78 is 16.6. The Morgan fingerprint density at radius 2 is 1.65 bits per heavy atom. The monoisotopic (exact) mass is 281 g/mol. The van der Waals surface area contributed by atoms with Crippen LogP contribution in [0.5, 0.6) is 17.2 Å². The van der Waals surface area contributed by atoms with Gasteiger partial charge in [-0.25, -0.2) is 0 Å². The molecule has 0 bridgehead atoms. The molecule has 0 unspecified atom stereocenters. The van der Waals surface area contributed by atoms with Crippen molar-refractivity contribution in [3.63, 3.8) is 0 Å². The second kappa shape index (κ2) is 7.39. The number of benzene rings is 1. The first kappa shape index (κ1) is 16.6. The minimum atomic E-state index is 0.0239. The molecule has 0 aliphatic carbocycles. The van der Waals surface area contributed by atoms with Gasteiger partial charge in [-0.2, -0.15) is 0 Å². The van der Waals surface area contributed by atoms with Gasteiger partial charge in [0.05, 0.1) is 20.8 Å². The van der Waals surface area contributed by atoms with Crippen molar-refractivity contribution in [3.05, 3.63) is 18.2 Å². The Kier molecular flexibility index (Phi) is 6.14. The van der Waals surface area contributed by atoms with Crippen molar-refractivity contribution in [3.8, 4) is 17.2 Å². The Hall–Kier alpha value is -1.42. The molecule has 1 aromatic carbocycles. The molecule has 0 aromatic heterocycles. The van der Waals surface area contributed by atoms with E-state index in [4.69, 9.17) is 14.2 Å². The number of rotatable bonds is 8. The molecule has 0 radical (unpaired) electrons. The van der Waals surface area contributed by atoms with Gasteiger partial charge >= 0.3 is 0 Å². The smallest absolute Gasteiger partial charge is 0.203 e. The van der Waals surface area contributed by atoms with E-state index in [0.717, 1.165) is 6.54 Å². The number of hydrogen-bond donors (Lipinski definition) is 1. The van der Waals surface area contributed by atoms with Gasteiger partial charge in [0.1, 0.15) is 0 Å². The largest absolute Gasteiger partial charge is 0.493 e. The first-order chi connectivity index (χ1) is 9.39. The Bertz CT molecular complexity index is 394. The molecule has 0 amide bonds. The van der Waals surface area contributed by atoms with Crippen LogP contribution in [0.25, 0.3) is 0 Å². The zero-order chi connectivity index (χ0) is 15.2. The lowest BCUT2D eigenvalue weighted by Gasteiger charge is -2.27. The van der Waals surface area contributed by atoms with Crippen LogP contribution in [-0.4, -0.2) is 33.4 Å². The maximum atomic E-state index is 5.96. The lowest BCUT2D eigenvalue weighted by molar-refractivity contribution is 0.163. The summed E-state index contributed by atoms with van der Waals surface area (Å²) in [5.41, 5.74) is 0.0239. The van der Waals surface area contributed by atoms with E-state index >= 15 is 0 Å². The van der Waals surface area contributed by atoms with Gasteiger partial charge in [0.15, 0.2) is 11.5 Å². The molecular formula is C16H27NO3. The van der Waals surface area contributed by atoms with E-state index in [1.165, 1.54) is 0 Å². The fourth-order valence-electron chi connectivity index (χ4n) is 1.76. The number of nitrogens with one attached hydrogen (secondary N) is 1. The van der Waals surface area contributed by atoms with Crippen molar-refractivity contribution in [2.24, 2.45) is 5.41 Å². The van der Waals surface area contributed by atoms with Crippen LogP contribution in [0.1, 0.15) is 27.7 Å². The van der Waals surface area contributed by atoms with Crippen LogP contribution >= 0.6 is 0 Å². The second-order valence-electron chi connectivity index (χ2n) is 5.98. The molecule has 114 valence electrons. The molecule has 0 heterocycles. The van der Waals surface area contributed by atoms with Crippen molar-refractivity contribution in [1.82, 2.24) is 5.32 Å². The van der Waals surface area contributed by atoms with E-state index in [-0.39, 0.29) is 5.41 Å². The van der Waals surface area contributed by atoms with E-state index in [2.05, 4.69) is 33.0 Å². The second-order valence-corrected chi connectivity index (χ2v) is 5.98. The Morgan fingerprint density at radius 3 is 2.10 bits per heavy atom. The Labute approximate surface area is 122 Å². The maximum absolute atomic E-state index is 5.96. The van der Waals surface area contributed by atoms with Crippen LogP contribution in [-0.2, 0) is 0 Å². The Balaban J connectivity index is 2.73. The van der Waals surface area contributed by atoms with Crippen molar-refractivity contribution in [1.29, 1.82) is 0 Å². The molecule has 0 spiro atoms. The van der Waals surface area contributed by atoms with Gasteiger partial charge in [0.25, 0.3) is 0 Å². The first-order valence-corrected chi connectivity index (χ1v) is 6.97. The molecule has 0 fully saturated rings. The molecule has 1 rings (SSSR count). The SMILES string of the molecule is COc1cccc(OC)c1OCC(C)(C)CNC(C)C. The standard InChI is InChI=1S/C16H27NO3/c1-12(2)17-10-16(3,4)11-20-15-13(18-5)8-7-9-14(15)19-6/h7-9,12,17H,10-11H2,1-6H3. The molecule has 4 heteroatoms. The highest BCUT2D eigenvalue weighted by Gasteiger charge is 2.21. The molecule has 0 atom stereocenters. The number of para-hydroxylation sites is 1. The summed E-state index contributed by atoms with van der Waals surface area (Å²) in [5.74, 6) is 2.05. The van der Waals surface area contributed by atoms with Crippen LogP contribution in [0.4, 0.5) is 0 Å². The van der Waals surface area contributed by atoms with Crippen molar-refractivity contribution in [2.75, 3.05) is 27.4 Å². The fourth-order valence-corrected chi connectivity index (χ4v) is 1.76. The lowest BCUT2D eigenvalue weighted by atomic mass is 9.94. The van der Waals surface area contributed by atoms with Gasteiger partial charge < -0.3 is 19.5 Å². The third kappa shape index (κ3) is 4.93. The molecule has 0 aliphatic heterocycles. The minimum Gasteiger partial charge on any atom is -0.493 e. The summed E-state index contributed by atoms with van der Waals surface area (Å²) in [5, 5.41) is 3.44. The van der Waals surface area contributed by atoms with E-state index in [9.17, 15) is 0 Å². The average Bonchev–Trinajstić information content (AvgIpc) is 2.42. The van der Waals surface area contributed by atoms with Gasteiger partial charge in [-0.3, -0.25) is 0 Å². The number of methoxy groups -OCH3 is 2. The quantitative estimate of drug-likeness (QED) is 0.795. The predicted octanol–water partition coefficient (Wildman–Crippen LogP) is 3.11. The first-order valence-electron chi connectivity index (χ1n) is 6.97. The third-order valence-electron chi connectivity index (χ3n) is 2.98. The van der Waals surface area contributed by atoms with Crippen molar-refractivity contribution in [2.45, 2.75) is 33.7 Å². The summed E-state index contributed by atoms with van der Waals surface area (Å²) in [4.78, 5) is 0.